The van der Waals surface area contributed by atoms with E-state index in [4.69, 9.17) is 9.84 Å². The Balaban J connectivity index is 2.41. The number of ether oxygens (including phenoxy) is 1. The smallest absolute Gasteiger partial charge is 0.126 e. The van der Waals surface area contributed by atoms with Gasteiger partial charge in [-0.15, -0.1) is 0 Å². The lowest BCUT2D eigenvalue weighted by Gasteiger charge is -2.31. The summed E-state index contributed by atoms with van der Waals surface area (Å²) in [6.45, 7) is 14.1. The van der Waals surface area contributed by atoms with E-state index in [0.717, 1.165) is 55.5 Å². The Morgan fingerprint density at radius 3 is 2.65 bits per heavy atom. The quantitative estimate of drug-likeness (QED) is 0.652. The van der Waals surface area contributed by atoms with Crippen molar-refractivity contribution in [3.8, 4) is 0 Å². The number of hydrogen-bond acceptors (Lipinski definition) is 3. The zero-order valence-electron chi connectivity index (χ0n) is 16.9. The summed E-state index contributed by atoms with van der Waals surface area (Å²) in [6.07, 6.45) is 13.9. The molecule has 0 radical (unpaired) electrons. The van der Waals surface area contributed by atoms with Crippen molar-refractivity contribution in [2.24, 2.45) is 5.92 Å². The Morgan fingerprint density at radius 2 is 2.04 bits per heavy atom. The molecule has 0 amide bonds. The van der Waals surface area contributed by atoms with Crippen LogP contribution in [0.3, 0.4) is 0 Å². The third kappa shape index (κ3) is 5.46. The minimum absolute atomic E-state index is 0.456. The molecule has 2 heterocycles. The van der Waals surface area contributed by atoms with Crippen LogP contribution in [0.4, 0.5) is 0 Å². The van der Waals surface area contributed by atoms with Gasteiger partial charge in [-0.1, -0.05) is 51.2 Å². The van der Waals surface area contributed by atoms with Crippen LogP contribution in [0.2, 0.25) is 0 Å². The van der Waals surface area contributed by atoms with Crippen molar-refractivity contribution in [3.05, 3.63) is 53.9 Å². The maximum atomic E-state index is 5.53. The van der Waals surface area contributed by atoms with Crippen LogP contribution >= 0.6 is 0 Å². The van der Waals surface area contributed by atoms with Crippen molar-refractivity contribution >= 4 is 11.4 Å². The number of aromatic nitrogens is 2. The number of rotatable bonds is 7. The zero-order chi connectivity index (χ0) is 18.9. The van der Waals surface area contributed by atoms with Crippen LogP contribution in [0.1, 0.15) is 45.5 Å². The summed E-state index contributed by atoms with van der Waals surface area (Å²) in [4.78, 5) is 2.38. The molecule has 0 aliphatic carbocycles. The van der Waals surface area contributed by atoms with Crippen LogP contribution in [0.5, 0.6) is 0 Å². The third-order valence-corrected chi connectivity index (χ3v) is 4.21. The topological polar surface area (TPSA) is 30.3 Å². The molecule has 0 unspecified atom stereocenters. The summed E-state index contributed by atoms with van der Waals surface area (Å²) in [7, 11) is 0. The van der Waals surface area contributed by atoms with Crippen molar-refractivity contribution in [2.45, 2.75) is 41.0 Å². The number of aryl methyl sites for hydroxylation is 1. The maximum absolute atomic E-state index is 5.53. The molecule has 1 aliphatic heterocycles. The molecule has 1 aromatic rings. The van der Waals surface area contributed by atoms with E-state index in [0.29, 0.717) is 5.92 Å². The molecule has 1 aliphatic rings. The highest BCUT2D eigenvalue weighted by molar-refractivity contribution is 5.73. The molecule has 0 bridgehead atoms. The van der Waals surface area contributed by atoms with Crippen LogP contribution in [0.15, 0.2) is 42.5 Å². The van der Waals surface area contributed by atoms with Crippen LogP contribution < -0.4 is 0 Å². The average molecular weight is 356 g/mol. The Morgan fingerprint density at radius 1 is 1.31 bits per heavy atom. The Kier molecular flexibility index (Phi) is 7.92. The van der Waals surface area contributed by atoms with Gasteiger partial charge in [0.05, 0.1) is 18.9 Å². The van der Waals surface area contributed by atoms with Gasteiger partial charge >= 0.3 is 0 Å². The van der Waals surface area contributed by atoms with Gasteiger partial charge in [-0.3, -0.25) is 0 Å². The normalized spacial score (nSPS) is 17.2. The minimum Gasteiger partial charge on any atom is -0.378 e. The highest BCUT2D eigenvalue weighted by Crippen LogP contribution is 2.22. The van der Waals surface area contributed by atoms with E-state index in [1.807, 2.05) is 6.92 Å². The summed E-state index contributed by atoms with van der Waals surface area (Å²) < 4.78 is 7.61. The number of hydrogen-bond donors (Lipinski definition) is 0. The van der Waals surface area contributed by atoms with Gasteiger partial charge in [-0.25, -0.2) is 4.68 Å². The lowest BCUT2D eigenvalue weighted by molar-refractivity contribution is 0.0609. The monoisotopic (exact) mass is 355 g/mol. The van der Waals surface area contributed by atoms with E-state index in [-0.39, 0.29) is 0 Å². The molecule has 4 heteroatoms. The Labute approximate surface area is 158 Å². The highest BCUT2D eigenvalue weighted by Gasteiger charge is 2.19. The summed E-state index contributed by atoms with van der Waals surface area (Å²) >= 11 is 0. The fourth-order valence-corrected chi connectivity index (χ4v) is 2.96. The Bertz CT molecular complexity index is 686. The van der Waals surface area contributed by atoms with Crippen molar-refractivity contribution in [3.63, 3.8) is 0 Å². The standard InChI is InChI=1S/C22H33N3O/c1-6-8-9-11-20(10-7-2)21-17-19(5)25(23-21)22(16-18(3)4)24-12-14-26-15-13-24/h7-11,16-18H,6,12-15H2,1-5H3/b9-8+,10-7-,20-11+,22-16-. The van der Waals surface area contributed by atoms with Gasteiger partial charge in [0, 0.05) is 24.4 Å². The fourth-order valence-electron chi connectivity index (χ4n) is 2.96. The van der Waals surface area contributed by atoms with Crippen molar-refractivity contribution in [1.82, 2.24) is 14.7 Å². The molecular weight excluding hydrogens is 322 g/mol. The summed E-state index contributed by atoms with van der Waals surface area (Å²) in [5.74, 6) is 1.62. The minimum atomic E-state index is 0.456. The van der Waals surface area contributed by atoms with E-state index in [2.05, 4.69) is 79.8 Å². The molecule has 26 heavy (non-hydrogen) atoms. The predicted octanol–water partition coefficient (Wildman–Crippen LogP) is 4.90. The molecule has 0 N–H and O–H groups in total. The van der Waals surface area contributed by atoms with E-state index < -0.39 is 0 Å². The van der Waals surface area contributed by atoms with Gasteiger partial charge in [0.1, 0.15) is 5.82 Å². The van der Waals surface area contributed by atoms with Crippen LogP contribution in [-0.4, -0.2) is 41.0 Å². The average Bonchev–Trinajstić information content (AvgIpc) is 3.01. The lowest BCUT2D eigenvalue weighted by Crippen LogP contribution is -2.37. The first-order valence-electron chi connectivity index (χ1n) is 9.68. The summed E-state index contributed by atoms with van der Waals surface area (Å²) in [6, 6.07) is 2.17. The largest absolute Gasteiger partial charge is 0.378 e. The lowest BCUT2D eigenvalue weighted by atomic mass is 10.1. The van der Waals surface area contributed by atoms with Gasteiger partial charge in [-0.2, -0.15) is 5.10 Å². The number of allylic oxidation sites excluding steroid dienone is 7. The van der Waals surface area contributed by atoms with Gasteiger partial charge in [-0.05, 0) is 38.3 Å². The van der Waals surface area contributed by atoms with Crippen LogP contribution in [0, 0.1) is 12.8 Å². The molecule has 2 rings (SSSR count). The molecule has 1 fully saturated rings. The number of nitrogens with zero attached hydrogens (tertiary/aromatic N) is 3. The molecule has 4 nitrogen and oxygen atoms in total. The van der Waals surface area contributed by atoms with Gasteiger partial charge in [0.15, 0.2) is 0 Å². The molecule has 0 saturated carbocycles. The molecule has 0 spiro atoms. The molecule has 1 aromatic heterocycles. The van der Waals surface area contributed by atoms with Gasteiger partial charge < -0.3 is 9.64 Å². The van der Waals surface area contributed by atoms with Gasteiger partial charge in [0.25, 0.3) is 0 Å². The second kappa shape index (κ2) is 10.2. The molecule has 142 valence electrons. The van der Waals surface area contributed by atoms with Crippen molar-refractivity contribution in [1.29, 1.82) is 0 Å². The molecule has 1 saturated heterocycles. The summed E-state index contributed by atoms with van der Waals surface area (Å²) in [5.41, 5.74) is 3.28. The van der Waals surface area contributed by atoms with Crippen molar-refractivity contribution < 1.29 is 4.74 Å². The fraction of sp³-hybridized carbons (Fsp3) is 0.500. The second-order valence-corrected chi connectivity index (χ2v) is 6.91. The SMILES string of the molecule is C\C=C/C(=C\C=C\CC)c1cc(C)n(/C(=C\C(C)C)N2CCOCC2)n1. The third-order valence-electron chi connectivity index (χ3n) is 4.21. The van der Waals surface area contributed by atoms with E-state index in [1.165, 1.54) is 0 Å². The van der Waals surface area contributed by atoms with E-state index in [9.17, 15) is 0 Å². The molecular formula is C22H33N3O. The first-order chi connectivity index (χ1) is 12.6. The van der Waals surface area contributed by atoms with E-state index in [1.54, 1.807) is 0 Å². The second-order valence-electron chi connectivity index (χ2n) is 6.91. The van der Waals surface area contributed by atoms with Gasteiger partial charge in [0.2, 0.25) is 0 Å². The molecule has 0 atom stereocenters. The first-order valence-corrected chi connectivity index (χ1v) is 9.68. The predicted molar refractivity (Wildman–Crippen MR) is 111 cm³/mol. The summed E-state index contributed by atoms with van der Waals surface area (Å²) in [5, 5.41) is 4.95. The first kappa shape index (κ1) is 20.2. The van der Waals surface area contributed by atoms with E-state index >= 15 is 0 Å². The highest BCUT2D eigenvalue weighted by atomic mass is 16.5. The number of morpholine rings is 1. The van der Waals surface area contributed by atoms with Crippen LogP contribution in [-0.2, 0) is 4.74 Å². The van der Waals surface area contributed by atoms with Crippen molar-refractivity contribution in [2.75, 3.05) is 26.3 Å². The Hall–Kier alpha value is -2.07. The zero-order valence-corrected chi connectivity index (χ0v) is 16.9. The van der Waals surface area contributed by atoms with Crippen LogP contribution in [0.25, 0.3) is 11.4 Å². The maximum Gasteiger partial charge on any atom is 0.126 e. The molecule has 0 aromatic carbocycles.